The molecule has 0 bridgehead atoms. The smallest absolute Gasteiger partial charge is 0.300 e. The van der Waals surface area contributed by atoms with Crippen molar-refractivity contribution in [3.8, 4) is 0 Å². The fourth-order valence-electron chi connectivity index (χ4n) is 1.38. The molecular formula is C15H32O4. The van der Waals surface area contributed by atoms with Crippen LogP contribution in [0, 0.1) is 0 Å². The molecule has 0 unspecified atom stereocenters. The molecule has 4 heteroatoms. The molecule has 0 atom stereocenters. The van der Waals surface area contributed by atoms with Crippen LogP contribution in [0.1, 0.15) is 85.5 Å². The Kier molecular flexibility index (Phi) is 26.9. The Bertz CT molecular complexity index is 163. The first kappa shape index (κ1) is 23.1. The van der Waals surface area contributed by atoms with Gasteiger partial charge < -0.3 is 10.2 Å². The molecule has 0 spiro atoms. The van der Waals surface area contributed by atoms with Gasteiger partial charge in [0.05, 0.1) is 0 Å². The van der Waals surface area contributed by atoms with Crippen LogP contribution in [0.25, 0.3) is 0 Å². The fourth-order valence-corrected chi connectivity index (χ4v) is 1.38. The molecule has 2 N–H and O–H groups in total. The summed E-state index contributed by atoms with van der Waals surface area (Å²) >= 11 is 0. The lowest BCUT2D eigenvalue weighted by atomic mass is 10.1. The van der Waals surface area contributed by atoms with Crippen molar-refractivity contribution in [2.75, 3.05) is 0 Å². The molecule has 0 aromatic heterocycles. The van der Waals surface area contributed by atoms with Crippen molar-refractivity contribution in [1.82, 2.24) is 0 Å². The second-order valence-electron chi connectivity index (χ2n) is 4.51. The number of carboxylic acids is 2. The highest BCUT2D eigenvalue weighted by atomic mass is 16.4. The highest BCUT2D eigenvalue weighted by molar-refractivity contribution is 5.63. The Labute approximate surface area is 118 Å². The summed E-state index contributed by atoms with van der Waals surface area (Å²) in [6.07, 6.45) is 13.0. The zero-order valence-corrected chi connectivity index (χ0v) is 13.1. The molecule has 116 valence electrons. The van der Waals surface area contributed by atoms with Crippen LogP contribution < -0.4 is 0 Å². The lowest BCUT2D eigenvalue weighted by Crippen LogP contribution is -1.79. The van der Waals surface area contributed by atoms with Crippen molar-refractivity contribution in [2.24, 2.45) is 0 Å². The van der Waals surface area contributed by atoms with Gasteiger partial charge in [0.2, 0.25) is 0 Å². The van der Waals surface area contributed by atoms with Crippen molar-refractivity contribution in [1.29, 1.82) is 0 Å². The third-order valence-electron chi connectivity index (χ3n) is 2.21. The van der Waals surface area contributed by atoms with Crippen LogP contribution in [-0.2, 0) is 9.59 Å². The minimum atomic E-state index is -0.833. The number of carbonyl (C=O) groups is 2. The molecule has 19 heavy (non-hydrogen) atoms. The minimum absolute atomic E-state index is 0.833. The number of rotatable bonds is 8. The van der Waals surface area contributed by atoms with E-state index in [1.807, 2.05) is 0 Å². The van der Waals surface area contributed by atoms with Gasteiger partial charge in [-0.15, -0.1) is 0 Å². The average molecular weight is 276 g/mol. The molecule has 0 saturated carbocycles. The predicted molar refractivity (Wildman–Crippen MR) is 79.5 cm³/mol. The van der Waals surface area contributed by atoms with Gasteiger partial charge in [0, 0.05) is 13.8 Å². The number of hydrogen-bond acceptors (Lipinski definition) is 2. The first-order valence-corrected chi connectivity index (χ1v) is 7.27. The zero-order chi connectivity index (χ0) is 15.5. The third-order valence-corrected chi connectivity index (χ3v) is 2.21. The molecule has 0 aromatic carbocycles. The second kappa shape index (κ2) is 22.1. The maximum absolute atomic E-state index is 9.00. The van der Waals surface area contributed by atoms with Crippen molar-refractivity contribution in [3.05, 3.63) is 0 Å². The summed E-state index contributed by atoms with van der Waals surface area (Å²) in [6, 6.07) is 0. The van der Waals surface area contributed by atoms with Gasteiger partial charge in [-0.25, -0.2) is 0 Å². The van der Waals surface area contributed by atoms with Gasteiger partial charge in [0.15, 0.2) is 0 Å². The topological polar surface area (TPSA) is 74.6 Å². The first-order valence-electron chi connectivity index (χ1n) is 7.27. The third kappa shape index (κ3) is 78.5. The van der Waals surface area contributed by atoms with E-state index in [0.29, 0.717) is 0 Å². The van der Waals surface area contributed by atoms with E-state index in [1.165, 1.54) is 57.8 Å². The summed E-state index contributed by atoms with van der Waals surface area (Å²) in [5.41, 5.74) is 0. The molecule has 0 amide bonds. The summed E-state index contributed by atoms with van der Waals surface area (Å²) in [6.45, 7) is 6.72. The maximum Gasteiger partial charge on any atom is 0.300 e. The molecular weight excluding hydrogens is 244 g/mol. The molecule has 0 saturated heterocycles. The van der Waals surface area contributed by atoms with Gasteiger partial charge in [-0.2, -0.15) is 0 Å². The Morgan fingerprint density at radius 3 is 0.947 bits per heavy atom. The average Bonchev–Trinajstić information content (AvgIpc) is 2.26. The van der Waals surface area contributed by atoms with Gasteiger partial charge in [-0.1, -0.05) is 71.6 Å². The summed E-state index contributed by atoms with van der Waals surface area (Å²) in [5, 5.41) is 14.8. The molecule has 0 aliphatic carbocycles. The van der Waals surface area contributed by atoms with Crippen LogP contribution in [0.2, 0.25) is 0 Å². The van der Waals surface area contributed by atoms with Crippen molar-refractivity contribution in [2.45, 2.75) is 85.5 Å². The van der Waals surface area contributed by atoms with Crippen molar-refractivity contribution < 1.29 is 19.8 Å². The Morgan fingerprint density at radius 1 is 0.632 bits per heavy atom. The Balaban J connectivity index is -0.000000264. The molecule has 0 aliphatic heterocycles. The molecule has 0 rings (SSSR count). The Hall–Kier alpha value is -1.06. The van der Waals surface area contributed by atoms with Gasteiger partial charge in [0.25, 0.3) is 11.9 Å². The molecule has 0 aromatic rings. The summed E-state index contributed by atoms with van der Waals surface area (Å²) < 4.78 is 0. The SMILES string of the molecule is CC(=O)O.CC(=O)O.CCCCCCCCCCC. The van der Waals surface area contributed by atoms with E-state index in [9.17, 15) is 0 Å². The Morgan fingerprint density at radius 2 is 0.789 bits per heavy atom. The van der Waals surface area contributed by atoms with E-state index < -0.39 is 11.9 Å². The monoisotopic (exact) mass is 276 g/mol. The van der Waals surface area contributed by atoms with E-state index in [2.05, 4.69) is 13.8 Å². The standard InChI is InChI=1S/C11H24.2C2H4O2/c1-3-5-7-9-11-10-8-6-4-2;2*1-2(3)4/h3-11H2,1-2H3;2*1H3,(H,3,4). The lowest BCUT2D eigenvalue weighted by molar-refractivity contribution is -0.135. The van der Waals surface area contributed by atoms with Crippen LogP contribution in [0.3, 0.4) is 0 Å². The maximum atomic E-state index is 9.00. The summed E-state index contributed by atoms with van der Waals surface area (Å²) in [7, 11) is 0. The highest BCUT2D eigenvalue weighted by Gasteiger charge is 1.88. The predicted octanol–water partition coefficient (Wildman–Crippen LogP) is 4.72. The lowest BCUT2D eigenvalue weighted by Gasteiger charge is -1.98. The molecule has 0 radical (unpaired) electrons. The van der Waals surface area contributed by atoms with Crippen LogP contribution in [0.5, 0.6) is 0 Å². The van der Waals surface area contributed by atoms with Crippen molar-refractivity contribution >= 4 is 11.9 Å². The van der Waals surface area contributed by atoms with Crippen LogP contribution in [0.15, 0.2) is 0 Å². The normalized spacial score (nSPS) is 8.63. The number of aliphatic carboxylic acids is 2. The van der Waals surface area contributed by atoms with Crippen LogP contribution in [0.4, 0.5) is 0 Å². The summed E-state index contributed by atoms with van der Waals surface area (Å²) in [4.78, 5) is 18.0. The quantitative estimate of drug-likeness (QED) is 0.629. The molecule has 0 fully saturated rings. The van der Waals surface area contributed by atoms with Crippen molar-refractivity contribution in [3.63, 3.8) is 0 Å². The van der Waals surface area contributed by atoms with Gasteiger partial charge >= 0.3 is 0 Å². The molecule has 0 heterocycles. The van der Waals surface area contributed by atoms with E-state index in [-0.39, 0.29) is 0 Å². The zero-order valence-electron chi connectivity index (χ0n) is 13.1. The van der Waals surface area contributed by atoms with Crippen LogP contribution in [-0.4, -0.2) is 22.2 Å². The summed E-state index contributed by atoms with van der Waals surface area (Å²) in [5.74, 6) is -1.67. The van der Waals surface area contributed by atoms with E-state index in [4.69, 9.17) is 19.8 Å². The number of unbranched alkanes of at least 4 members (excludes halogenated alkanes) is 8. The minimum Gasteiger partial charge on any atom is -0.481 e. The molecule has 0 aliphatic rings. The van der Waals surface area contributed by atoms with Crippen LogP contribution >= 0.6 is 0 Å². The van der Waals surface area contributed by atoms with Gasteiger partial charge in [0.1, 0.15) is 0 Å². The fraction of sp³-hybridized carbons (Fsp3) is 0.867. The van der Waals surface area contributed by atoms with Gasteiger partial charge in [-0.05, 0) is 0 Å². The largest absolute Gasteiger partial charge is 0.481 e. The number of hydrogen-bond donors (Lipinski definition) is 2. The van der Waals surface area contributed by atoms with Gasteiger partial charge in [-0.3, -0.25) is 9.59 Å². The van der Waals surface area contributed by atoms with E-state index >= 15 is 0 Å². The van der Waals surface area contributed by atoms with E-state index in [0.717, 1.165) is 13.8 Å². The van der Waals surface area contributed by atoms with E-state index in [1.54, 1.807) is 0 Å². The highest BCUT2D eigenvalue weighted by Crippen LogP contribution is 2.08. The number of carboxylic acid groups (broad SMARTS) is 2. The molecule has 4 nitrogen and oxygen atoms in total. The first-order chi connectivity index (χ1) is 8.88. The second-order valence-corrected chi connectivity index (χ2v) is 4.51.